The van der Waals surface area contributed by atoms with E-state index in [-0.39, 0.29) is 0 Å². The molecule has 0 aliphatic carbocycles. The largest absolute Gasteiger partial charge is 0.490 e. The number of hydrogen-bond donors (Lipinski definition) is 0. The fourth-order valence-corrected chi connectivity index (χ4v) is 2.68. The lowest BCUT2D eigenvalue weighted by molar-refractivity contribution is 0.338. The van der Waals surface area contributed by atoms with Crippen molar-refractivity contribution in [3.8, 4) is 5.75 Å². The predicted molar refractivity (Wildman–Crippen MR) is 69.6 cm³/mol. The third-order valence-corrected chi connectivity index (χ3v) is 3.46. The topological polar surface area (TPSA) is 25.4 Å². The van der Waals surface area contributed by atoms with Crippen molar-refractivity contribution in [3.63, 3.8) is 0 Å². The van der Waals surface area contributed by atoms with E-state index in [1.165, 1.54) is 12.8 Å². The molecule has 1 aromatic heterocycles. The average molecular weight is 285 g/mol. The quantitative estimate of drug-likeness (QED) is 0.798. The number of ether oxygens (including phenoxy) is 1. The van der Waals surface area contributed by atoms with Crippen LogP contribution in [0.3, 0.4) is 0 Å². The molecule has 0 radical (unpaired) electrons. The summed E-state index contributed by atoms with van der Waals surface area (Å²) >= 11 is 3.68. The average Bonchev–Trinajstić information content (AvgIpc) is 2.30. The molecule has 3 nitrogen and oxygen atoms in total. The number of alkyl halides is 1. The molecule has 1 fully saturated rings. The third kappa shape index (κ3) is 2.67. The first kappa shape index (κ1) is 11.7. The van der Waals surface area contributed by atoms with Crippen LogP contribution in [0.5, 0.6) is 5.75 Å². The Labute approximate surface area is 105 Å². The molecular weight excluding hydrogens is 268 g/mol. The van der Waals surface area contributed by atoms with Crippen molar-refractivity contribution in [2.24, 2.45) is 0 Å². The van der Waals surface area contributed by atoms with Gasteiger partial charge in [0.2, 0.25) is 0 Å². The molecule has 1 aliphatic heterocycles. The Bertz CT molecular complexity index is 346. The van der Waals surface area contributed by atoms with E-state index in [0.717, 1.165) is 24.7 Å². The molecule has 1 saturated heterocycles. The van der Waals surface area contributed by atoms with Crippen LogP contribution in [-0.2, 0) is 0 Å². The van der Waals surface area contributed by atoms with E-state index in [1.807, 2.05) is 25.3 Å². The van der Waals surface area contributed by atoms with Crippen molar-refractivity contribution in [1.29, 1.82) is 0 Å². The Morgan fingerprint density at radius 2 is 2.50 bits per heavy atom. The first-order chi connectivity index (χ1) is 7.81. The molecule has 1 aliphatic rings. The van der Waals surface area contributed by atoms with Crippen LogP contribution in [0.15, 0.2) is 18.3 Å². The van der Waals surface area contributed by atoms with Gasteiger partial charge >= 0.3 is 0 Å². The van der Waals surface area contributed by atoms with Gasteiger partial charge in [0.15, 0.2) is 11.6 Å². The smallest absolute Gasteiger partial charge is 0.171 e. The second-order valence-electron chi connectivity index (χ2n) is 3.94. The summed E-state index contributed by atoms with van der Waals surface area (Å²) in [5.41, 5.74) is 0. The molecule has 0 spiro atoms. The van der Waals surface area contributed by atoms with Gasteiger partial charge in [0.05, 0.1) is 6.61 Å². The van der Waals surface area contributed by atoms with E-state index in [2.05, 4.69) is 25.8 Å². The highest BCUT2D eigenvalue weighted by Gasteiger charge is 2.21. The number of piperidine rings is 1. The van der Waals surface area contributed by atoms with Gasteiger partial charge in [-0.25, -0.2) is 4.98 Å². The monoisotopic (exact) mass is 284 g/mol. The van der Waals surface area contributed by atoms with E-state index >= 15 is 0 Å². The minimum Gasteiger partial charge on any atom is -0.490 e. The van der Waals surface area contributed by atoms with Crippen molar-refractivity contribution >= 4 is 21.7 Å². The Morgan fingerprint density at radius 1 is 1.62 bits per heavy atom. The standard InChI is InChI=1S/C12H17BrN2O/c1-2-16-11-6-3-7-14-12(11)15-8-4-5-10(13)9-15/h3,6-7,10H,2,4-5,8-9H2,1H3. The summed E-state index contributed by atoms with van der Waals surface area (Å²) in [6, 6.07) is 3.91. The number of halogens is 1. The van der Waals surface area contributed by atoms with Crippen LogP contribution in [0.25, 0.3) is 0 Å². The summed E-state index contributed by atoms with van der Waals surface area (Å²) < 4.78 is 5.61. The molecule has 0 N–H and O–H groups in total. The fraction of sp³-hybridized carbons (Fsp3) is 0.583. The van der Waals surface area contributed by atoms with Gasteiger partial charge in [0.25, 0.3) is 0 Å². The minimum atomic E-state index is 0.567. The molecule has 0 amide bonds. The second kappa shape index (κ2) is 5.53. The fourth-order valence-electron chi connectivity index (χ4n) is 2.01. The maximum absolute atomic E-state index is 5.61. The van der Waals surface area contributed by atoms with Crippen LogP contribution in [0.4, 0.5) is 5.82 Å². The van der Waals surface area contributed by atoms with Crippen molar-refractivity contribution in [2.45, 2.75) is 24.6 Å². The molecule has 0 bridgehead atoms. The number of nitrogens with zero attached hydrogens (tertiary/aromatic N) is 2. The van der Waals surface area contributed by atoms with Crippen LogP contribution >= 0.6 is 15.9 Å². The highest BCUT2D eigenvalue weighted by molar-refractivity contribution is 9.09. The summed E-state index contributed by atoms with van der Waals surface area (Å²) in [4.78, 5) is 7.30. The van der Waals surface area contributed by atoms with Gasteiger partial charge in [-0.05, 0) is 31.9 Å². The van der Waals surface area contributed by atoms with Gasteiger partial charge in [-0.3, -0.25) is 0 Å². The minimum absolute atomic E-state index is 0.567. The van der Waals surface area contributed by atoms with Crippen LogP contribution in [0.1, 0.15) is 19.8 Å². The molecule has 16 heavy (non-hydrogen) atoms. The summed E-state index contributed by atoms with van der Waals surface area (Å²) in [5.74, 6) is 1.88. The molecule has 0 saturated carbocycles. The lowest BCUT2D eigenvalue weighted by Gasteiger charge is -2.31. The summed E-state index contributed by atoms with van der Waals surface area (Å²) in [6.45, 7) is 4.76. The van der Waals surface area contributed by atoms with Gasteiger partial charge in [-0.15, -0.1) is 0 Å². The number of pyridine rings is 1. The predicted octanol–water partition coefficient (Wildman–Crippen LogP) is 2.84. The van der Waals surface area contributed by atoms with Crippen LogP contribution in [-0.4, -0.2) is 29.5 Å². The Morgan fingerprint density at radius 3 is 3.25 bits per heavy atom. The Hall–Kier alpha value is -0.770. The number of rotatable bonds is 3. The summed E-state index contributed by atoms with van der Waals surface area (Å²) in [7, 11) is 0. The molecule has 2 rings (SSSR count). The molecule has 88 valence electrons. The zero-order valence-corrected chi connectivity index (χ0v) is 11.1. The van der Waals surface area contributed by atoms with Gasteiger partial charge < -0.3 is 9.64 Å². The number of hydrogen-bond acceptors (Lipinski definition) is 3. The van der Waals surface area contributed by atoms with Crippen LogP contribution < -0.4 is 9.64 Å². The first-order valence-electron chi connectivity index (χ1n) is 5.78. The van der Waals surface area contributed by atoms with E-state index in [1.54, 1.807) is 0 Å². The van der Waals surface area contributed by atoms with Crippen molar-refractivity contribution < 1.29 is 4.74 Å². The molecule has 1 atom stereocenters. The van der Waals surface area contributed by atoms with Gasteiger partial charge in [0.1, 0.15) is 0 Å². The summed E-state index contributed by atoms with van der Waals surface area (Å²) in [5, 5.41) is 0. The van der Waals surface area contributed by atoms with Crippen molar-refractivity contribution in [3.05, 3.63) is 18.3 Å². The second-order valence-corrected chi connectivity index (χ2v) is 5.24. The zero-order valence-electron chi connectivity index (χ0n) is 9.53. The molecule has 2 heterocycles. The molecular formula is C12H17BrN2O. The van der Waals surface area contributed by atoms with Gasteiger partial charge in [-0.1, -0.05) is 15.9 Å². The van der Waals surface area contributed by atoms with Crippen LogP contribution in [0, 0.1) is 0 Å². The van der Waals surface area contributed by atoms with E-state index in [0.29, 0.717) is 11.4 Å². The number of aromatic nitrogens is 1. The van der Waals surface area contributed by atoms with Gasteiger partial charge in [0, 0.05) is 24.1 Å². The van der Waals surface area contributed by atoms with E-state index in [9.17, 15) is 0 Å². The molecule has 0 aromatic carbocycles. The SMILES string of the molecule is CCOc1cccnc1N1CCCC(Br)C1. The maximum atomic E-state index is 5.61. The summed E-state index contributed by atoms with van der Waals surface area (Å²) in [6.07, 6.45) is 4.28. The third-order valence-electron chi connectivity index (χ3n) is 2.71. The van der Waals surface area contributed by atoms with E-state index in [4.69, 9.17) is 4.74 Å². The normalized spacial score (nSPS) is 20.9. The first-order valence-corrected chi connectivity index (χ1v) is 6.69. The Balaban J connectivity index is 2.17. The van der Waals surface area contributed by atoms with Crippen LogP contribution in [0.2, 0.25) is 0 Å². The van der Waals surface area contributed by atoms with Crippen molar-refractivity contribution in [1.82, 2.24) is 4.98 Å². The van der Waals surface area contributed by atoms with E-state index < -0.39 is 0 Å². The molecule has 4 heteroatoms. The Kier molecular flexibility index (Phi) is 4.04. The highest BCUT2D eigenvalue weighted by atomic mass is 79.9. The van der Waals surface area contributed by atoms with Crippen molar-refractivity contribution in [2.75, 3.05) is 24.6 Å². The maximum Gasteiger partial charge on any atom is 0.171 e. The lowest BCUT2D eigenvalue weighted by atomic mass is 10.1. The number of anilines is 1. The lowest BCUT2D eigenvalue weighted by Crippen LogP contribution is -2.36. The molecule has 1 unspecified atom stereocenters. The molecule has 1 aromatic rings. The highest BCUT2D eigenvalue weighted by Crippen LogP contribution is 2.29. The zero-order chi connectivity index (χ0) is 11.4. The van der Waals surface area contributed by atoms with Gasteiger partial charge in [-0.2, -0.15) is 0 Å².